The minimum absolute atomic E-state index is 0.0732. The average Bonchev–Trinajstić information content (AvgIpc) is 2.74. The number of carbonyl (C=O) groups is 1. The first-order valence-electron chi connectivity index (χ1n) is 6.03. The molecular weight excluding hydrogens is 267 g/mol. The molecule has 5 heteroatoms. The van der Waals surface area contributed by atoms with Gasteiger partial charge in [-0.3, -0.25) is 9.48 Å². The smallest absolute Gasteiger partial charge is 0.185 e. The van der Waals surface area contributed by atoms with Crippen LogP contribution in [0.5, 0.6) is 0 Å². The van der Waals surface area contributed by atoms with Gasteiger partial charge in [-0.1, -0.05) is 17.7 Å². The lowest BCUT2D eigenvalue weighted by Crippen LogP contribution is -2.12. The van der Waals surface area contributed by atoms with E-state index in [1.807, 2.05) is 13.8 Å². The molecule has 0 saturated heterocycles. The molecule has 2 aromatic rings. The van der Waals surface area contributed by atoms with Crippen molar-refractivity contribution in [3.63, 3.8) is 0 Å². The molecule has 0 spiro atoms. The van der Waals surface area contributed by atoms with Crippen LogP contribution < -0.4 is 0 Å². The van der Waals surface area contributed by atoms with Crippen LogP contribution >= 0.6 is 11.6 Å². The van der Waals surface area contributed by atoms with Crippen molar-refractivity contribution in [2.45, 2.75) is 26.8 Å². The number of nitrogens with zero attached hydrogens (tertiary/aromatic N) is 2. The van der Waals surface area contributed by atoms with Gasteiger partial charge in [-0.05, 0) is 37.6 Å². The number of hydrogen-bond donors (Lipinski definition) is 0. The number of carbonyl (C=O) groups excluding carboxylic acids is 1. The van der Waals surface area contributed by atoms with Crippen LogP contribution in [0.3, 0.4) is 0 Å². The van der Waals surface area contributed by atoms with Crippen LogP contribution in [0.2, 0.25) is 5.02 Å². The van der Waals surface area contributed by atoms with Gasteiger partial charge in [-0.25, -0.2) is 4.39 Å². The fraction of sp³-hybridized carbons (Fsp3) is 0.286. The number of ketones is 1. The monoisotopic (exact) mass is 280 g/mol. The Morgan fingerprint density at radius 2 is 2.16 bits per heavy atom. The number of benzene rings is 1. The molecule has 0 aliphatic rings. The Balaban J connectivity index is 2.25. The molecular formula is C14H14ClFN2O. The molecule has 0 aliphatic carbocycles. The van der Waals surface area contributed by atoms with Crippen molar-refractivity contribution in [1.29, 1.82) is 0 Å². The fourth-order valence-corrected chi connectivity index (χ4v) is 2.17. The van der Waals surface area contributed by atoms with E-state index in [9.17, 15) is 9.18 Å². The minimum Gasteiger partial charge on any atom is -0.292 e. The summed E-state index contributed by atoms with van der Waals surface area (Å²) in [4.78, 5) is 12.2. The van der Waals surface area contributed by atoms with E-state index in [-0.39, 0.29) is 17.2 Å². The van der Waals surface area contributed by atoms with Crippen LogP contribution in [-0.4, -0.2) is 15.6 Å². The quantitative estimate of drug-likeness (QED) is 0.804. The number of aryl methyl sites for hydroxylation is 2. The predicted octanol–water partition coefficient (Wildman–Crippen LogP) is 3.43. The second-order valence-corrected chi connectivity index (χ2v) is 4.73. The van der Waals surface area contributed by atoms with Crippen LogP contribution in [0.1, 0.15) is 28.7 Å². The fourth-order valence-electron chi connectivity index (χ4n) is 1.94. The first-order valence-corrected chi connectivity index (χ1v) is 6.40. The van der Waals surface area contributed by atoms with Gasteiger partial charge in [0.2, 0.25) is 0 Å². The molecule has 0 amide bonds. The van der Waals surface area contributed by atoms with E-state index in [1.165, 1.54) is 18.2 Å². The molecule has 0 aliphatic heterocycles. The van der Waals surface area contributed by atoms with E-state index in [1.54, 1.807) is 10.7 Å². The van der Waals surface area contributed by atoms with E-state index in [0.29, 0.717) is 17.8 Å². The van der Waals surface area contributed by atoms with Crippen molar-refractivity contribution >= 4 is 17.4 Å². The topological polar surface area (TPSA) is 34.9 Å². The molecule has 3 nitrogen and oxygen atoms in total. The Morgan fingerprint density at radius 1 is 1.42 bits per heavy atom. The van der Waals surface area contributed by atoms with Gasteiger partial charge in [-0.2, -0.15) is 5.10 Å². The zero-order valence-electron chi connectivity index (χ0n) is 10.8. The van der Waals surface area contributed by atoms with E-state index in [2.05, 4.69) is 5.10 Å². The van der Waals surface area contributed by atoms with Crippen molar-refractivity contribution in [3.8, 4) is 0 Å². The molecule has 19 heavy (non-hydrogen) atoms. The maximum Gasteiger partial charge on any atom is 0.185 e. The van der Waals surface area contributed by atoms with Crippen molar-refractivity contribution in [2.75, 3.05) is 0 Å². The molecule has 0 radical (unpaired) electrons. The summed E-state index contributed by atoms with van der Waals surface area (Å²) in [7, 11) is 0. The van der Waals surface area contributed by atoms with Gasteiger partial charge in [0, 0.05) is 18.0 Å². The summed E-state index contributed by atoms with van der Waals surface area (Å²) < 4.78 is 14.6. The van der Waals surface area contributed by atoms with Crippen molar-refractivity contribution < 1.29 is 9.18 Å². The van der Waals surface area contributed by atoms with Crippen LogP contribution in [0.4, 0.5) is 4.39 Å². The Morgan fingerprint density at radius 3 is 2.79 bits per heavy atom. The van der Waals surface area contributed by atoms with Gasteiger partial charge in [0.25, 0.3) is 0 Å². The summed E-state index contributed by atoms with van der Waals surface area (Å²) in [6.45, 7) is 4.40. The number of halogens is 2. The summed E-state index contributed by atoms with van der Waals surface area (Å²) >= 11 is 5.93. The third-order valence-corrected chi connectivity index (χ3v) is 3.21. The molecule has 0 atom stereocenters. The van der Waals surface area contributed by atoms with Crippen LogP contribution in [0.25, 0.3) is 0 Å². The molecule has 1 aromatic carbocycles. The standard InChI is InChI=1S/C14H14ClFN2O/c1-3-18-13(6-9(2)17-18)14(19)7-10-4-5-11(16)8-12(10)15/h4-6,8H,3,7H2,1-2H3. The van der Waals surface area contributed by atoms with E-state index in [0.717, 1.165) is 5.69 Å². The lowest BCUT2D eigenvalue weighted by atomic mass is 10.1. The van der Waals surface area contributed by atoms with Gasteiger partial charge in [0.05, 0.1) is 5.69 Å². The van der Waals surface area contributed by atoms with Crippen LogP contribution in [0, 0.1) is 12.7 Å². The molecule has 1 aromatic heterocycles. The van der Waals surface area contributed by atoms with Gasteiger partial charge in [0.1, 0.15) is 11.5 Å². The molecule has 100 valence electrons. The highest BCUT2D eigenvalue weighted by Gasteiger charge is 2.15. The SMILES string of the molecule is CCn1nc(C)cc1C(=O)Cc1ccc(F)cc1Cl. The van der Waals surface area contributed by atoms with E-state index < -0.39 is 5.82 Å². The largest absolute Gasteiger partial charge is 0.292 e. The number of Topliss-reactive ketones (excluding diaryl/α,β-unsaturated/α-hetero) is 1. The number of hydrogen-bond acceptors (Lipinski definition) is 2. The van der Waals surface area contributed by atoms with Crippen molar-refractivity contribution in [3.05, 3.63) is 52.1 Å². The van der Waals surface area contributed by atoms with Crippen molar-refractivity contribution in [2.24, 2.45) is 0 Å². The second kappa shape index (κ2) is 5.53. The van der Waals surface area contributed by atoms with Gasteiger partial charge in [0.15, 0.2) is 5.78 Å². The van der Waals surface area contributed by atoms with Crippen LogP contribution in [-0.2, 0) is 13.0 Å². The maximum absolute atomic E-state index is 12.9. The molecule has 2 rings (SSSR count). The second-order valence-electron chi connectivity index (χ2n) is 4.32. The highest BCUT2D eigenvalue weighted by Crippen LogP contribution is 2.19. The average molecular weight is 281 g/mol. The zero-order valence-corrected chi connectivity index (χ0v) is 11.5. The molecule has 0 unspecified atom stereocenters. The third-order valence-electron chi connectivity index (χ3n) is 2.85. The van der Waals surface area contributed by atoms with E-state index in [4.69, 9.17) is 11.6 Å². The van der Waals surface area contributed by atoms with Gasteiger partial charge in [-0.15, -0.1) is 0 Å². The summed E-state index contributed by atoms with van der Waals surface area (Å²) in [5, 5.41) is 4.50. The first kappa shape index (κ1) is 13.7. The normalized spacial score (nSPS) is 10.7. The highest BCUT2D eigenvalue weighted by atomic mass is 35.5. The first-order chi connectivity index (χ1) is 9.01. The summed E-state index contributed by atoms with van der Waals surface area (Å²) in [5.74, 6) is -0.480. The summed E-state index contributed by atoms with van der Waals surface area (Å²) in [6.07, 6.45) is 0.143. The molecule has 0 bridgehead atoms. The lowest BCUT2D eigenvalue weighted by molar-refractivity contribution is 0.0982. The third kappa shape index (κ3) is 3.01. The Hall–Kier alpha value is -1.68. The molecule has 0 saturated carbocycles. The maximum atomic E-state index is 12.9. The van der Waals surface area contributed by atoms with E-state index >= 15 is 0 Å². The van der Waals surface area contributed by atoms with Gasteiger partial charge < -0.3 is 0 Å². The Kier molecular flexibility index (Phi) is 4.00. The minimum atomic E-state index is -0.407. The summed E-state index contributed by atoms with van der Waals surface area (Å²) in [6, 6.07) is 5.81. The number of aromatic nitrogens is 2. The number of rotatable bonds is 4. The summed E-state index contributed by atoms with van der Waals surface area (Å²) in [5.41, 5.74) is 1.98. The molecule has 0 fully saturated rings. The van der Waals surface area contributed by atoms with Gasteiger partial charge >= 0.3 is 0 Å². The molecule has 1 heterocycles. The Bertz CT molecular complexity index is 622. The van der Waals surface area contributed by atoms with Crippen LogP contribution in [0.15, 0.2) is 24.3 Å². The zero-order chi connectivity index (χ0) is 14.0. The highest BCUT2D eigenvalue weighted by molar-refractivity contribution is 6.31. The molecule has 0 N–H and O–H groups in total. The predicted molar refractivity (Wildman–Crippen MR) is 72.1 cm³/mol. The van der Waals surface area contributed by atoms with Crippen molar-refractivity contribution in [1.82, 2.24) is 9.78 Å². The Labute approximate surface area is 116 Å². The lowest BCUT2D eigenvalue weighted by Gasteiger charge is -2.05.